The first-order chi connectivity index (χ1) is 12.9. The predicted molar refractivity (Wildman–Crippen MR) is 102 cm³/mol. The van der Waals surface area contributed by atoms with Gasteiger partial charge in [0.25, 0.3) is 17.5 Å². The van der Waals surface area contributed by atoms with E-state index >= 15 is 0 Å². The van der Waals surface area contributed by atoms with E-state index in [-0.39, 0.29) is 17.0 Å². The number of benzene rings is 2. The zero-order chi connectivity index (χ0) is 19.6. The first-order valence-electron chi connectivity index (χ1n) is 8.61. The number of nitro benzene ring substituents is 1. The number of hydrogen-bond acceptors (Lipinski definition) is 5. The van der Waals surface area contributed by atoms with Crippen LogP contribution in [-0.2, 0) is 9.59 Å². The third kappa shape index (κ3) is 3.57. The highest BCUT2D eigenvalue weighted by Crippen LogP contribution is 2.31. The quantitative estimate of drug-likeness (QED) is 0.480. The van der Waals surface area contributed by atoms with Crippen LogP contribution in [0.1, 0.15) is 24.5 Å². The van der Waals surface area contributed by atoms with Gasteiger partial charge in [0, 0.05) is 24.4 Å². The minimum atomic E-state index is -0.505. The molecule has 138 valence electrons. The van der Waals surface area contributed by atoms with Gasteiger partial charge in [-0.3, -0.25) is 24.6 Å². The van der Waals surface area contributed by atoms with E-state index in [1.165, 1.54) is 29.2 Å². The van der Waals surface area contributed by atoms with Crippen LogP contribution in [0.2, 0.25) is 0 Å². The molecule has 1 N–H and O–H groups in total. The number of non-ortho nitro benzene ring substituents is 1. The zero-order valence-electron chi connectivity index (χ0n) is 15.1. The summed E-state index contributed by atoms with van der Waals surface area (Å²) in [6, 6.07) is 13.1. The molecule has 0 radical (unpaired) electrons. The Bertz CT molecular complexity index is 931. The van der Waals surface area contributed by atoms with Crippen LogP contribution in [0.5, 0.6) is 0 Å². The number of carbonyl (C=O) groups excluding carboxylic acids is 2. The number of carbonyl (C=O) groups is 2. The Labute approximate surface area is 156 Å². The lowest BCUT2D eigenvalue weighted by molar-refractivity contribution is -0.384. The van der Waals surface area contributed by atoms with Crippen molar-refractivity contribution in [3.8, 4) is 0 Å². The van der Waals surface area contributed by atoms with Gasteiger partial charge < -0.3 is 5.32 Å². The maximum Gasteiger partial charge on any atom is 0.278 e. The summed E-state index contributed by atoms with van der Waals surface area (Å²) in [4.78, 5) is 37.2. The Hall–Kier alpha value is -3.48. The molecular formula is C20H19N3O4. The molecule has 7 nitrogen and oxygen atoms in total. The van der Waals surface area contributed by atoms with Gasteiger partial charge in [-0.25, -0.2) is 0 Å². The van der Waals surface area contributed by atoms with Crippen LogP contribution in [-0.4, -0.2) is 28.2 Å². The largest absolute Gasteiger partial charge is 0.350 e. The van der Waals surface area contributed by atoms with Gasteiger partial charge >= 0.3 is 0 Å². The number of nitro groups is 1. The van der Waals surface area contributed by atoms with Crippen LogP contribution in [0.25, 0.3) is 5.57 Å². The Morgan fingerprint density at radius 1 is 1.00 bits per heavy atom. The topological polar surface area (TPSA) is 92.6 Å². The normalized spacial score (nSPS) is 14.1. The molecule has 0 atom stereocenters. The molecule has 2 aromatic rings. The summed E-state index contributed by atoms with van der Waals surface area (Å²) in [6.07, 6.45) is 0.642. The molecular weight excluding hydrogens is 346 g/mol. The fraction of sp³-hybridized carbons (Fsp3) is 0.200. The maximum atomic E-state index is 12.9. The highest BCUT2D eigenvalue weighted by molar-refractivity contribution is 6.36. The first kappa shape index (κ1) is 18.3. The van der Waals surface area contributed by atoms with E-state index in [4.69, 9.17) is 0 Å². The Kier molecular flexibility index (Phi) is 5.03. The van der Waals surface area contributed by atoms with Gasteiger partial charge in [-0.1, -0.05) is 24.6 Å². The molecule has 0 aromatic heterocycles. The van der Waals surface area contributed by atoms with Gasteiger partial charge in [0.15, 0.2) is 0 Å². The highest BCUT2D eigenvalue weighted by Gasteiger charge is 2.38. The lowest BCUT2D eigenvalue weighted by Gasteiger charge is -2.13. The molecule has 0 saturated heterocycles. The first-order valence-corrected chi connectivity index (χ1v) is 8.61. The second-order valence-corrected chi connectivity index (χ2v) is 6.31. The molecule has 0 aliphatic carbocycles. The molecule has 0 fully saturated rings. The number of nitrogens with one attached hydrogen (secondary N) is 1. The fourth-order valence-electron chi connectivity index (χ4n) is 2.92. The summed E-state index contributed by atoms with van der Waals surface area (Å²) in [5, 5.41) is 13.9. The van der Waals surface area contributed by atoms with Gasteiger partial charge in [0.1, 0.15) is 5.70 Å². The monoisotopic (exact) mass is 365 g/mol. The standard InChI is InChI=1S/C20H19N3O4/c1-3-12-22-19(24)17(14-6-10-16(11-7-14)23(26)27)18(20(22)25)21-15-8-4-13(2)5-9-15/h4-11,21H,3,12H2,1-2H3. The molecule has 1 heterocycles. The summed E-state index contributed by atoms with van der Waals surface area (Å²) in [5.41, 5.74) is 2.57. The fourth-order valence-corrected chi connectivity index (χ4v) is 2.92. The smallest absolute Gasteiger partial charge is 0.278 e. The molecule has 0 unspecified atom stereocenters. The van der Waals surface area contributed by atoms with E-state index in [0.717, 1.165) is 5.56 Å². The third-order valence-corrected chi connectivity index (χ3v) is 4.30. The molecule has 27 heavy (non-hydrogen) atoms. The minimum Gasteiger partial charge on any atom is -0.350 e. The highest BCUT2D eigenvalue weighted by atomic mass is 16.6. The number of imide groups is 1. The Morgan fingerprint density at radius 2 is 1.63 bits per heavy atom. The summed E-state index contributed by atoms with van der Waals surface area (Å²) < 4.78 is 0. The van der Waals surface area contributed by atoms with Crippen molar-refractivity contribution in [3.63, 3.8) is 0 Å². The lowest BCUT2D eigenvalue weighted by atomic mass is 10.0. The summed E-state index contributed by atoms with van der Waals surface area (Å²) in [6.45, 7) is 4.16. The molecule has 7 heteroatoms. The van der Waals surface area contributed by atoms with E-state index in [1.807, 2.05) is 38.1 Å². The maximum absolute atomic E-state index is 12.9. The predicted octanol–water partition coefficient (Wildman–Crippen LogP) is 3.51. The summed E-state index contributed by atoms with van der Waals surface area (Å²) >= 11 is 0. The van der Waals surface area contributed by atoms with Gasteiger partial charge in [0.2, 0.25) is 0 Å². The molecule has 0 bridgehead atoms. The number of rotatable bonds is 6. The average Bonchev–Trinajstić information content (AvgIpc) is 2.88. The molecule has 1 aliphatic rings. The van der Waals surface area contributed by atoms with Crippen molar-refractivity contribution in [3.05, 3.63) is 75.5 Å². The molecule has 0 saturated carbocycles. The SMILES string of the molecule is CCCN1C(=O)C(Nc2ccc(C)cc2)=C(c2ccc([N+](=O)[O-])cc2)C1=O. The minimum absolute atomic E-state index is 0.0745. The van der Waals surface area contributed by atoms with Gasteiger partial charge in [0.05, 0.1) is 10.5 Å². The van der Waals surface area contributed by atoms with Crippen LogP contribution in [0, 0.1) is 17.0 Å². The van der Waals surface area contributed by atoms with Crippen molar-refractivity contribution in [2.75, 3.05) is 11.9 Å². The number of nitrogens with zero attached hydrogens (tertiary/aromatic N) is 2. The van der Waals surface area contributed by atoms with E-state index in [9.17, 15) is 19.7 Å². The number of aryl methyl sites for hydroxylation is 1. The second kappa shape index (κ2) is 7.41. The molecule has 2 aromatic carbocycles. The van der Waals surface area contributed by atoms with Crippen molar-refractivity contribution in [1.82, 2.24) is 4.90 Å². The van der Waals surface area contributed by atoms with Crippen molar-refractivity contribution in [2.45, 2.75) is 20.3 Å². The van der Waals surface area contributed by atoms with Gasteiger partial charge in [-0.2, -0.15) is 0 Å². The Balaban J connectivity index is 2.05. The molecule has 3 rings (SSSR count). The van der Waals surface area contributed by atoms with E-state index in [2.05, 4.69) is 5.32 Å². The van der Waals surface area contributed by atoms with Crippen molar-refractivity contribution < 1.29 is 14.5 Å². The van der Waals surface area contributed by atoms with Crippen molar-refractivity contribution in [2.24, 2.45) is 0 Å². The van der Waals surface area contributed by atoms with E-state index in [0.29, 0.717) is 24.2 Å². The number of amides is 2. The molecule has 0 spiro atoms. The van der Waals surface area contributed by atoms with E-state index < -0.39 is 16.7 Å². The Morgan fingerprint density at radius 3 is 2.19 bits per heavy atom. The van der Waals surface area contributed by atoms with Gasteiger partial charge in [-0.15, -0.1) is 0 Å². The lowest BCUT2D eigenvalue weighted by Crippen LogP contribution is -2.33. The van der Waals surface area contributed by atoms with Crippen LogP contribution < -0.4 is 5.32 Å². The van der Waals surface area contributed by atoms with Crippen LogP contribution >= 0.6 is 0 Å². The summed E-state index contributed by atoms with van der Waals surface area (Å²) in [7, 11) is 0. The number of anilines is 1. The molecule has 2 amide bonds. The summed E-state index contributed by atoms with van der Waals surface area (Å²) in [5.74, 6) is -0.791. The van der Waals surface area contributed by atoms with E-state index in [1.54, 1.807) is 0 Å². The van der Waals surface area contributed by atoms with Gasteiger partial charge in [-0.05, 0) is 43.2 Å². The van der Waals surface area contributed by atoms with Crippen LogP contribution in [0.15, 0.2) is 54.2 Å². The average molecular weight is 365 g/mol. The van der Waals surface area contributed by atoms with Crippen LogP contribution in [0.3, 0.4) is 0 Å². The zero-order valence-corrected chi connectivity index (χ0v) is 15.1. The second-order valence-electron chi connectivity index (χ2n) is 6.31. The number of hydrogen-bond donors (Lipinski definition) is 1. The molecule has 1 aliphatic heterocycles. The third-order valence-electron chi connectivity index (χ3n) is 4.30. The van der Waals surface area contributed by atoms with Crippen LogP contribution in [0.4, 0.5) is 11.4 Å². The van der Waals surface area contributed by atoms with Crippen molar-refractivity contribution in [1.29, 1.82) is 0 Å². The van der Waals surface area contributed by atoms with Crippen molar-refractivity contribution >= 4 is 28.8 Å².